The monoisotopic (exact) mass is 329 g/mol. The molecule has 24 heavy (non-hydrogen) atoms. The van der Waals surface area contributed by atoms with Crippen molar-refractivity contribution in [1.29, 1.82) is 5.26 Å². The molecule has 0 aromatic heterocycles. The van der Waals surface area contributed by atoms with Crippen LogP contribution >= 0.6 is 0 Å². The van der Waals surface area contributed by atoms with Gasteiger partial charge in [0.15, 0.2) is 0 Å². The Morgan fingerprint density at radius 1 is 0.750 bits per heavy atom. The molecule has 0 N–H and O–H groups in total. The van der Waals surface area contributed by atoms with Gasteiger partial charge in [-0.15, -0.1) is 0 Å². The third-order valence-corrected chi connectivity index (χ3v) is 7.80. The van der Waals surface area contributed by atoms with Crippen LogP contribution in [0.5, 0.6) is 0 Å². The summed E-state index contributed by atoms with van der Waals surface area (Å²) in [5, 5.41) is 9.25. The molecule has 3 aliphatic rings. The molecule has 0 aliphatic heterocycles. The Morgan fingerprint density at radius 2 is 1.42 bits per heavy atom. The summed E-state index contributed by atoms with van der Waals surface area (Å²) in [7, 11) is 0. The van der Waals surface area contributed by atoms with E-state index >= 15 is 0 Å². The zero-order valence-corrected chi connectivity index (χ0v) is 16.0. The van der Waals surface area contributed by atoms with Gasteiger partial charge in [-0.2, -0.15) is 5.26 Å². The second-order valence-corrected chi connectivity index (χ2v) is 9.30. The molecular weight excluding hydrogens is 290 g/mol. The highest BCUT2D eigenvalue weighted by Gasteiger charge is 2.44. The lowest BCUT2D eigenvalue weighted by atomic mass is 9.55. The van der Waals surface area contributed by atoms with Gasteiger partial charge in [0.2, 0.25) is 0 Å². The smallest absolute Gasteiger partial charge is 0.0655 e. The van der Waals surface area contributed by atoms with Gasteiger partial charge < -0.3 is 0 Å². The maximum Gasteiger partial charge on any atom is 0.0655 e. The first-order chi connectivity index (χ1) is 11.8. The lowest BCUT2D eigenvalue weighted by molar-refractivity contribution is 0.00278. The van der Waals surface area contributed by atoms with Crippen molar-refractivity contribution >= 4 is 0 Å². The van der Waals surface area contributed by atoms with E-state index in [2.05, 4.69) is 13.0 Å². The fraction of sp³-hybridized carbons (Fsp3) is 0.957. The Balaban J connectivity index is 1.39. The molecule has 1 heteroatoms. The second kappa shape index (κ2) is 9.26. The molecule has 0 aromatic carbocycles. The number of unbranched alkanes of at least 4 members (excludes halogenated alkanes) is 5. The van der Waals surface area contributed by atoms with E-state index in [0.717, 1.165) is 29.6 Å². The van der Waals surface area contributed by atoms with Crippen molar-refractivity contribution in [3.63, 3.8) is 0 Å². The number of hydrogen-bond acceptors (Lipinski definition) is 1. The molecule has 0 saturated heterocycles. The highest BCUT2D eigenvalue weighted by Crippen LogP contribution is 2.53. The van der Waals surface area contributed by atoms with E-state index in [0.29, 0.717) is 5.92 Å². The number of rotatable bonds is 7. The number of fused-ring (bicyclic) bond motifs is 3. The van der Waals surface area contributed by atoms with Crippen LogP contribution < -0.4 is 0 Å². The van der Waals surface area contributed by atoms with Crippen LogP contribution in [0.4, 0.5) is 0 Å². The summed E-state index contributed by atoms with van der Waals surface area (Å²) in [5.41, 5.74) is 0. The van der Waals surface area contributed by atoms with Crippen LogP contribution in [0.3, 0.4) is 0 Å². The number of nitriles is 1. The molecule has 0 bridgehead atoms. The third kappa shape index (κ3) is 4.56. The third-order valence-electron chi connectivity index (χ3n) is 7.80. The van der Waals surface area contributed by atoms with Crippen LogP contribution in [0.2, 0.25) is 0 Å². The fourth-order valence-electron chi connectivity index (χ4n) is 6.48. The van der Waals surface area contributed by atoms with Crippen molar-refractivity contribution in [2.75, 3.05) is 0 Å². The van der Waals surface area contributed by atoms with Crippen LogP contribution in [0.25, 0.3) is 0 Å². The van der Waals surface area contributed by atoms with Gasteiger partial charge in [-0.25, -0.2) is 0 Å². The Labute approximate surface area is 150 Å². The number of hydrogen-bond donors (Lipinski definition) is 0. The average molecular weight is 330 g/mol. The highest BCUT2D eigenvalue weighted by molar-refractivity contribution is 4.98. The summed E-state index contributed by atoms with van der Waals surface area (Å²) in [4.78, 5) is 0. The Morgan fingerprint density at radius 3 is 2.17 bits per heavy atom. The minimum atomic E-state index is 0.381. The van der Waals surface area contributed by atoms with Gasteiger partial charge in [0.25, 0.3) is 0 Å². The summed E-state index contributed by atoms with van der Waals surface area (Å²) in [5.74, 6) is 5.40. The normalized spacial score (nSPS) is 38.8. The van der Waals surface area contributed by atoms with Crippen LogP contribution in [-0.2, 0) is 0 Å². The van der Waals surface area contributed by atoms with E-state index in [1.54, 1.807) is 6.42 Å². The molecule has 0 amide bonds. The SMILES string of the molecule is CCCCCCCC[C@H]1CCC2C(CCC3C[C@@H](C#N)CCC32)C1. The minimum Gasteiger partial charge on any atom is -0.198 e. The lowest BCUT2D eigenvalue weighted by Gasteiger charge is -2.50. The molecule has 136 valence electrons. The first-order valence-corrected chi connectivity index (χ1v) is 11.2. The number of nitrogens with zero attached hydrogens (tertiary/aromatic N) is 1. The summed E-state index contributed by atoms with van der Waals surface area (Å²) < 4.78 is 0. The van der Waals surface area contributed by atoms with E-state index in [-0.39, 0.29) is 0 Å². The predicted octanol–water partition coefficient (Wildman–Crippen LogP) is 7.12. The molecule has 6 atom stereocenters. The molecule has 1 nitrogen and oxygen atoms in total. The van der Waals surface area contributed by atoms with Crippen LogP contribution in [-0.4, -0.2) is 0 Å². The van der Waals surface area contributed by atoms with Crippen LogP contribution in [0, 0.1) is 46.8 Å². The lowest BCUT2D eigenvalue weighted by Crippen LogP contribution is -2.41. The topological polar surface area (TPSA) is 23.8 Å². The van der Waals surface area contributed by atoms with Gasteiger partial charge in [-0.1, -0.05) is 58.3 Å². The summed E-state index contributed by atoms with van der Waals surface area (Å²) >= 11 is 0. The van der Waals surface area contributed by atoms with Gasteiger partial charge >= 0.3 is 0 Å². The molecule has 3 saturated carbocycles. The molecule has 3 rings (SSSR count). The molecule has 3 fully saturated rings. The van der Waals surface area contributed by atoms with Crippen molar-refractivity contribution in [2.24, 2.45) is 35.5 Å². The van der Waals surface area contributed by atoms with Crippen molar-refractivity contribution in [1.82, 2.24) is 0 Å². The molecular formula is C23H39N. The minimum absolute atomic E-state index is 0.381. The molecule has 0 aromatic rings. The first kappa shape index (κ1) is 18.3. The fourth-order valence-corrected chi connectivity index (χ4v) is 6.48. The van der Waals surface area contributed by atoms with Crippen molar-refractivity contribution in [3.05, 3.63) is 0 Å². The van der Waals surface area contributed by atoms with E-state index in [9.17, 15) is 5.26 Å². The predicted molar refractivity (Wildman–Crippen MR) is 101 cm³/mol. The van der Waals surface area contributed by atoms with Gasteiger partial charge in [0, 0.05) is 5.92 Å². The molecule has 0 radical (unpaired) electrons. The van der Waals surface area contributed by atoms with E-state index in [1.165, 1.54) is 89.9 Å². The Hall–Kier alpha value is -0.510. The first-order valence-electron chi connectivity index (χ1n) is 11.2. The zero-order valence-electron chi connectivity index (χ0n) is 16.0. The maximum absolute atomic E-state index is 9.25. The summed E-state index contributed by atoms with van der Waals surface area (Å²) in [6.07, 6.45) is 21.5. The van der Waals surface area contributed by atoms with Crippen LogP contribution in [0.1, 0.15) is 103 Å². The maximum atomic E-state index is 9.25. The van der Waals surface area contributed by atoms with Crippen molar-refractivity contribution in [3.8, 4) is 6.07 Å². The van der Waals surface area contributed by atoms with E-state index in [1.807, 2.05) is 0 Å². The van der Waals surface area contributed by atoms with E-state index in [4.69, 9.17) is 0 Å². The van der Waals surface area contributed by atoms with Crippen molar-refractivity contribution < 1.29 is 0 Å². The summed E-state index contributed by atoms with van der Waals surface area (Å²) in [6, 6.07) is 2.56. The van der Waals surface area contributed by atoms with Crippen molar-refractivity contribution in [2.45, 2.75) is 103 Å². The average Bonchev–Trinajstić information content (AvgIpc) is 2.63. The van der Waals surface area contributed by atoms with Gasteiger partial charge in [0.1, 0.15) is 0 Å². The largest absolute Gasteiger partial charge is 0.198 e. The molecule has 3 aliphatic carbocycles. The second-order valence-electron chi connectivity index (χ2n) is 9.30. The standard InChI is InChI=1S/C23H39N/c1-2-3-4-5-6-7-8-18-9-13-22-20(15-18)11-12-21-16-19(17-24)10-14-23(21)22/h18-23H,2-16H2,1H3/t18-,19-,20?,21?,22?,23?/m0/s1. The molecule has 0 spiro atoms. The Kier molecular flexibility index (Phi) is 7.06. The van der Waals surface area contributed by atoms with Gasteiger partial charge in [-0.05, 0) is 74.5 Å². The highest BCUT2D eigenvalue weighted by atomic mass is 14.5. The van der Waals surface area contributed by atoms with Gasteiger partial charge in [0.05, 0.1) is 6.07 Å². The van der Waals surface area contributed by atoms with E-state index < -0.39 is 0 Å². The quantitative estimate of drug-likeness (QED) is 0.456. The summed E-state index contributed by atoms with van der Waals surface area (Å²) in [6.45, 7) is 2.31. The van der Waals surface area contributed by atoms with Gasteiger partial charge in [-0.3, -0.25) is 0 Å². The molecule has 4 unspecified atom stereocenters. The molecule has 0 heterocycles. The Bertz CT molecular complexity index is 409. The van der Waals surface area contributed by atoms with Crippen LogP contribution in [0.15, 0.2) is 0 Å². The zero-order chi connectivity index (χ0) is 16.8.